The van der Waals surface area contributed by atoms with Gasteiger partial charge in [0, 0.05) is 44.8 Å². The van der Waals surface area contributed by atoms with E-state index in [9.17, 15) is 0 Å². The molecule has 6 heteroatoms. The number of nitrogens with one attached hydrogen (secondary N) is 3. The van der Waals surface area contributed by atoms with E-state index in [0.29, 0.717) is 5.11 Å². The summed E-state index contributed by atoms with van der Waals surface area (Å²) in [5, 5.41) is 10.1. The molecular formula is C10H17N5S. The molecule has 88 valence electrons. The predicted octanol–water partition coefficient (Wildman–Crippen LogP) is 0.0502. The maximum Gasteiger partial charge on any atom is 0.166 e. The van der Waals surface area contributed by atoms with Crippen LogP contribution in [-0.4, -0.2) is 34.7 Å². The van der Waals surface area contributed by atoms with Crippen LogP contribution in [0.2, 0.25) is 0 Å². The normalized spacial score (nSPS) is 9.81. The molecule has 1 heterocycles. The van der Waals surface area contributed by atoms with E-state index < -0.39 is 0 Å². The van der Waals surface area contributed by atoms with Gasteiger partial charge in [-0.25, -0.2) is 0 Å². The standard InChI is InChI=1S/C10H17N5S/c1-2-13-10(16)15-6-4-12-8-9-7-11-3-5-14-9/h3,5,7,12H,2,4,6,8H2,1H3,(H2,13,15,16). The lowest BCUT2D eigenvalue weighted by Gasteiger charge is -2.09. The van der Waals surface area contributed by atoms with Crippen molar-refractivity contribution in [1.29, 1.82) is 0 Å². The molecule has 0 amide bonds. The number of thiocarbonyl (C=S) groups is 1. The van der Waals surface area contributed by atoms with E-state index in [1.165, 1.54) is 0 Å². The molecule has 0 saturated carbocycles. The van der Waals surface area contributed by atoms with Crippen LogP contribution in [0, 0.1) is 0 Å². The van der Waals surface area contributed by atoms with Crippen LogP contribution in [0.1, 0.15) is 12.6 Å². The first kappa shape index (κ1) is 12.8. The van der Waals surface area contributed by atoms with Gasteiger partial charge in [0.25, 0.3) is 0 Å². The Morgan fingerprint density at radius 2 is 2.19 bits per heavy atom. The topological polar surface area (TPSA) is 61.9 Å². The third-order valence-electron chi connectivity index (χ3n) is 1.85. The fraction of sp³-hybridized carbons (Fsp3) is 0.500. The van der Waals surface area contributed by atoms with Gasteiger partial charge in [0.2, 0.25) is 0 Å². The van der Waals surface area contributed by atoms with Crippen LogP contribution in [0.5, 0.6) is 0 Å². The van der Waals surface area contributed by atoms with E-state index in [1.54, 1.807) is 18.6 Å². The zero-order chi connectivity index (χ0) is 11.6. The minimum absolute atomic E-state index is 0.698. The van der Waals surface area contributed by atoms with Gasteiger partial charge in [-0.15, -0.1) is 0 Å². The van der Waals surface area contributed by atoms with Crippen LogP contribution in [-0.2, 0) is 6.54 Å². The zero-order valence-electron chi connectivity index (χ0n) is 9.36. The van der Waals surface area contributed by atoms with Gasteiger partial charge in [0.05, 0.1) is 5.69 Å². The fourth-order valence-corrected chi connectivity index (χ4v) is 1.37. The largest absolute Gasteiger partial charge is 0.363 e. The minimum Gasteiger partial charge on any atom is -0.363 e. The molecule has 0 spiro atoms. The SMILES string of the molecule is CCNC(=S)NCCNCc1cnccn1. The Morgan fingerprint density at radius 1 is 1.31 bits per heavy atom. The molecule has 0 atom stereocenters. The van der Waals surface area contributed by atoms with Crippen molar-refractivity contribution in [2.24, 2.45) is 0 Å². The molecule has 0 saturated heterocycles. The van der Waals surface area contributed by atoms with Gasteiger partial charge < -0.3 is 16.0 Å². The first-order valence-corrected chi connectivity index (χ1v) is 5.71. The summed E-state index contributed by atoms with van der Waals surface area (Å²) >= 11 is 5.02. The second-order valence-electron chi connectivity index (χ2n) is 3.16. The van der Waals surface area contributed by atoms with Crippen LogP contribution in [0.3, 0.4) is 0 Å². The highest BCUT2D eigenvalue weighted by molar-refractivity contribution is 7.80. The van der Waals surface area contributed by atoms with E-state index in [1.807, 2.05) is 6.92 Å². The molecule has 0 unspecified atom stereocenters. The summed E-state index contributed by atoms with van der Waals surface area (Å²) in [4.78, 5) is 8.14. The summed E-state index contributed by atoms with van der Waals surface area (Å²) in [5.41, 5.74) is 0.941. The number of rotatable bonds is 6. The van der Waals surface area contributed by atoms with Crippen molar-refractivity contribution in [3.63, 3.8) is 0 Å². The highest BCUT2D eigenvalue weighted by atomic mass is 32.1. The Bertz CT molecular complexity index is 303. The molecule has 16 heavy (non-hydrogen) atoms. The third-order valence-corrected chi connectivity index (χ3v) is 2.14. The van der Waals surface area contributed by atoms with Crippen molar-refractivity contribution in [1.82, 2.24) is 25.9 Å². The molecule has 1 rings (SSSR count). The summed E-state index contributed by atoms with van der Waals surface area (Å²) in [6.07, 6.45) is 5.11. The molecular weight excluding hydrogens is 222 g/mol. The first-order valence-electron chi connectivity index (χ1n) is 5.30. The summed E-state index contributed by atoms with van der Waals surface area (Å²) in [7, 11) is 0. The first-order chi connectivity index (χ1) is 7.83. The minimum atomic E-state index is 0.698. The molecule has 0 radical (unpaired) electrons. The highest BCUT2D eigenvalue weighted by Crippen LogP contribution is 1.87. The van der Waals surface area contributed by atoms with Gasteiger partial charge in [-0.3, -0.25) is 9.97 Å². The van der Waals surface area contributed by atoms with Gasteiger partial charge in [-0.1, -0.05) is 0 Å². The van der Waals surface area contributed by atoms with Crippen LogP contribution in [0.15, 0.2) is 18.6 Å². The van der Waals surface area contributed by atoms with Crippen molar-refractivity contribution in [3.05, 3.63) is 24.3 Å². The smallest absolute Gasteiger partial charge is 0.166 e. The van der Waals surface area contributed by atoms with Crippen molar-refractivity contribution < 1.29 is 0 Å². The highest BCUT2D eigenvalue weighted by Gasteiger charge is 1.94. The molecule has 5 nitrogen and oxygen atoms in total. The molecule has 1 aromatic rings. The van der Waals surface area contributed by atoms with Crippen LogP contribution >= 0.6 is 12.2 Å². The lowest BCUT2D eigenvalue weighted by atomic mass is 10.4. The average molecular weight is 239 g/mol. The van der Waals surface area contributed by atoms with Gasteiger partial charge in [-0.2, -0.15) is 0 Å². The molecule has 0 fully saturated rings. The third kappa shape index (κ3) is 5.57. The van der Waals surface area contributed by atoms with Crippen LogP contribution < -0.4 is 16.0 Å². The summed E-state index contributed by atoms with van der Waals surface area (Å²) in [6.45, 7) is 5.22. The Morgan fingerprint density at radius 3 is 2.88 bits per heavy atom. The van der Waals surface area contributed by atoms with E-state index in [2.05, 4.69) is 25.9 Å². The molecule has 0 aliphatic heterocycles. The zero-order valence-corrected chi connectivity index (χ0v) is 10.2. The summed E-state index contributed by atoms with van der Waals surface area (Å²) in [5.74, 6) is 0. The Labute approximate surface area is 101 Å². The van der Waals surface area contributed by atoms with E-state index in [-0.39, 0.29) is 0 Å². The van der Waals surface area contributed by atoms with Crippen LogP contribution in [0.25, 0.3) is 0 Å². The second-order valence-corrected chi connectivity index (χ2v) is 3.57. The van der Waals surface area contributed by atoms with E-state index in [0.717, 1.165) is 31.9 Å². The molecule has 0 aliphatic carbocycles. The lowest BCUT2D eigenvalue weighted by molar-refractivity contribution is 0.657. The van der Waals surface area contributed by atoms with Crippen molar-refractivity contribution in [2.45, 2.75) is 13.5 Å². The van der Waals surface area contributed by atoms with Crippen molar-refractivity contribution >= 4 is 17.3 Å². The van der Waals surface area contributed by atoms with Gasteiger partial charge >= 0.3 is 0 Å². The quantitative estimate of drug-likeness (QED) is 0.482. The molecule has 0 bridgehead atoms. The summed E-state index contributed by atoms with van der Waals surface area (Å²) < 4.78 is 0. The van der Waals surface area contributed by atoms with E-state index >= 15 is 0 Å². The van der Waals surface area contributed by atoms with Gasteiger partial charge in [0.15, 0.2) is 5.11 Å². The number of hydrogen-bond acceptors (Lipinski definition) is 4. The average Bonchev–Trinajstić information content (AvgIpc) is 2.30. The van der Waals surface area contributed by atoms with Crippen molar-refractivity contribution in [3.8, 4) is 0 Å². The Hall–Kier alpha value is -1.27. The monoisotopic (exact) mass is 239 g/mol. The Kier molecular flexibility index (Phi) is 6.36. The predicted molar refractivity (Wildman–Crippen MR) is 68.0 cm³/mol. The molecule has 0 aromatic carbocycles. The molecule has 3 N–H and O–H groups in total. The maximum absolute atomic E-state index is 5.02. The lowest BCUT2D eigenvalue weighted by Crippen LogP contribution is -2.38. The number of aromatic nitrogens is 2. The number of nitrogens with zero attached hydrogens (tertiary/aromatic N) is 2. The molecule has 1 aromatic heterocycles. The van der Waals surface area contributed by atoms with Crippen LogP contribution in [0.4, 0.5) is 0 Å². The Balaban J connectivity index is 2.02. The second kappa shape index (κ2) is 7.95. The summed E-state index contributed by atoms with van der Waals surface area (Å²) in [6, 6.07) is 0. The number of hydrogen-bond donors (Lipinski definition) is 3. The van der Waals surface area contributed by atoms with E-state index in [4.69, 9.17) is 12.2 Å². The fourth-order valence-electron chi connectivity index (χ4n) is 1.13. The molecule has 0 aliphatic rings. The maximum atomic E-state index is 5.02. The van der Waals surface area contributed by atoms with Gasteiger partial charge in [0.1, 0.15) is 0 Å². The van der Waals surface area contributed by atoms with Gasteiger partial charge in [-0.05, 0) is 19.1 Å². The van der Waals surface area contributed by atoms with Crippen molar-refractivity contribution in [2.75, 3.05) is 19.6 Å².